The van der Waals surface area contributed by atoms with E-state index >= 15 is 0 Å². The number of hydrogen-bond acceptors (Lipinski definition) is 3. The van der Waals surface area contributed by atoms with Crippen LogP contribution in [0.3, 0.4) is 0 Å². The number of amides is 1. The Bertz CT molecular complexity index is 314. The van der Waals surface area contributed by atoms with Crippen molar-refractivity contribution in [3.05, 3.63) is 0 Å². The van der Waals surface area contributed by atoms with E-state index in [0.717, 1.165) is 12.8 Å². The van der Waals surface area contributed by atoms with E-state index in [1.165, 1.54) is 19.3 Å². The summed E-state index contributed by atoms with van der Waals surface area (Å²) in [6.07, 6.45) is 6.61. The van der Waals surface area contributed by atoms with Crippen LogP contribution in [0.25, 0.3) is 0 Å². The summed E-state index contributed by atoms with van der Waals surface area (Å²) in [4.78, 5) is 22.8. The zero-order valence-electron chi connectivity index (χ0n) is 12.0. The maximum atomic E-state index is 11.8. The minimum Gasteiger partial charge on any atom is -0.480 e. The fourth-order valence-electron chi connectivity index (χ4n) is 2.35. The lowest BCUT2D eigenvalue weighted by atomic mass is 9.95. The molecule has 1 fully saturated rings. The minimum atomic E-state index is -0.939. The first-order valence-electron chi connectivity index (χ1n) is 7.25. The second kappa shape index (κ2) is 7.48. The third-order valence-electron chi connectivity index (χ3n) is 4.02. The SMILES string of the molecule is CCC(C)(NCCC(=O)NC1CCCCC1)C(=O)O. The molecule has 1 rings (SSSR count). The molecular formula is C14H26N2O3. The summed E-state index contributed by atoms with van der Waals surface area (Å²) < 4.78 is 0. The lowest BCUT2D eigenvalue weighted by molar-refractivity contribution is -0.144. The maximum absolute atomic E-state index is 11.8. The molecule has 0 heterocycles. The Kier molecular flexibility index (Phi) is 6.28. The predicted molar refractivity (Wildman–Crippen MR) is 74.0 cm³/mol. The van der Waals surface area contributed by atoms with Crippen LogP contribution >= 0.6 is 0 Å². The first kappa shape index (κ1) is 16.0. The molecule has 1 saturated carbocycles. The van der Waals surface area contributed by atoms with Crippen LogP contribution in [0.15, 0.2) is 0 Å². The van der Waals surface area contributed by atoms with E-state index in [4.69, 9.17) is 5.11 Å². The lowest BCUT2D eigenvalue weighted by Crippen LogP contribution is -2.50. The smallest absolute Gasteiger partial charge is 0.323 e. The second-order valence-corrected chi connectivity index (χ2v) is 5.57. The van der Waals surface area contributed by atoms with Crippen molar-refractivity contribution >= 4 is 11.9 Å². The monoisotopic (exact) mass is 270 g/mol. The van der Waals surface area contributed by atoms with Crippen molar-refractivity contribution < 1.29 is 14.7 Å². The molecule has 0 aromatic rings. The fourth-order valence-corrected chi connectivity index (χ4v) is 2.35. The van der Waals surface area contributed by atoms with Crippen LogP contribution in [-0.4, -0.2) is 35.1 Å². The van der Waals surface area contributed by atoms with E-state index in [1.807, 2.05) is 6.92 Å². The zero-order valence-corrected chi connectivity index (χ0v) is 12.0. The van der Waals surface area contributed by atoms with Crippen LogP contribution in [0.5, 0.6) is 0 Å². The molecule has 0 bridgehead atoms. The van der Waals surface area contributed by atoms with E-state index in [1.54, 1.807) is 6.92 Å². The molecule has 1 unspecified atom stereocenters. The van der Waals surface area contributed by atoms with Gasteiger partial charge in [-0.1, -0.05) is 26.2 Å². The summed E-state index contributed by atoms with van der Waals surface area (Å²) in [7, 11) is 0. The summed E-state index contributed by atoms with van der Waals surface area (Å²) in [6, 6.07) is 0.318. The van der Waals surface area contributed by atoms with Crippen molar-refractivity contribution in [3.8, 4) is 0 Å². The standard InChI is InChI=1S/C14H26N2O3/c1-3-14(2,13(18)19)15-10-9-12(17)16-11-7-5-4-6-8-11/h11,15H,3-10H2,1-2H3,(H,16,17)(H,18,19). The number of carbonyl (C=O) groups is 2. The third kappa shape index (κ3) is 5.19. The van der Waals surface area contributed by atoms with Crippen LogP contribution in [0.1, 0.15) is 58.8 Å². The first-order chi connectivity index (χ1) is 8.98. The topological polar surface area (TPSA) is 78.4 Å². The summed E-state index contributed by atoms with van der Waals surface area (Å²) >= 11 is 0. The van der Waals surface area contributed by atoms with Crippen LogP contribution in [0.4, 0.5) is 0 Å². The zero-order chi connectivity index (χ0) is 14.3. The molecule has 0 aromatic carbocycles. The van der Waals surface area contributed by atoms with Gasteiger partial charge in [-0.3, -0.25) is 9.59 Å². The number of carboxylic acid groups (broad SMARTS) is 1. The van der Waals surface area contributed by atoms with Gasteiger partial charge in [0.05, 0.1) is 0 Å². The van der Waals surface area contributed by atoms with Gasteiger partial charge in [-0.05, 0) is 26.2 Å². The highest BCUT2D eigenvalue weighted by Gasteiger charge is 2.30. The summed E-state index contributed by atoms with van der Waals surface area (Å²) in [5.74, 6) is -0.856. The Hall–Kier alpha value is -1.10. The van der Waals surface area contributed by atoms with Crippen LogP contribution in [-0.2, 0) is 9.59 Å². The largest absolute Gasteiger partial charge is 0.480 e. The third-order valence-corrected chi connectivity index (χ3v) is 4.02. The lowest BCUT2D eigenvalue weighted by Gasteiger charge is -2.25. The highest BCUT2D eigenvalue weighted by atomic mass is 16.4. The van der Waals surface area contributed by atoms with E-state index in [2.05, 4.69) is 10.6 Å². The van der Waals surface area contributed by atoms with Gasteiger partial charge in [0, 0.05) is 19.0 Å². The first-order valence-corrected chi connectivity index (χ1v) is 7.25. The summed E-state index contributed by atoms with van der Waals surface area (Å²) in [5.41, 5.74) is -0.939. The molecule has 5 heteroatoms. The molecule has 0 aromatic heterocycles. The van der Waals surface area contributed by atoms with Gasteiger partial charge in [0.25, 0.3) is 0 Å². The number of aliphatic carboxylic acids is 1. The quantitative estimate of drug-likeness (QED) is 0.657. The van der Waals surface area contributed by atoms with Gasteiger partial charge < -0.3 is 15.7 Å². The predicted octanol–water partition coefficient (Wildman–Crippen LogP) is 1.67. The van der Waals surface area contributed by atoms with Gasteiger partial charge in [-0.25, -0.2) is 0 Å². The van der Waals surface area contributed by atoms with Gasteiger partial charge in [-0.15, -0.1) is 0 Å². The average Bonchev–Trinajstić information content (AvgIpc) is 2.39. The van der Waals surface area contributed by atoms with E-state index in [-0.39, 0.29) is 5.91 Å². The van der Waals surface area contributed by atoms with Crippen molar-refractivity contribution in [1.29, 1.82) is 0 Å². The molecule has 0 spiro atoms. The van der Waals surface area contributed by atoms with E-state index in [9.17, 15) is 9.59 Å². The Morgan fingerprint density at radius 2 is 1.89 bits per heavy atom. The molecule has 1 amide bonds. The van der Waals surface area contributed by atoms with Crippen molar-refractivity contribution in [2.45, 2.75) is 70.4 Å². The molecule has 5 nitrogen and oxygen atoms in total. The van der Waals surface area contributed by atoms with E-state index in [0.29, 0.717) is 25.4 Å². The molecule has 0 aliphatic heterocycles. The molecule has 1 aliphatic rings. The van der Waals surface area contributed by atoms with Gasteiger partial charge >= 0.3 is 5.97 Å². The molecule has 1 atom stereocenters. The van der Waals surface area contributed by atoms with Gasteiger partial charge in [-0.2, -0.15) is 0 Å². The van der Waals surface area contributed by atoms with Crippen molar-refractivity contribution in [2.75, 3.05) is 6.54 Å². The fraction of sp³-hybridized carbons (Fsp3) is 0.857. The van der Waals surface area contributed by atoms with Crippen molar-refractivity contribution in [2.24, 2.45) is 0 Å². The molecule has 110 valence electrons. The van der Waals surface area contributed by atoms with Crippen molar-refractivity contribution in [1.82, 2.24) is 10.6 Å². The molecular weight excluding hydrogens is 244 g/mol. The Balaban J connectivity index is 2.24. The van der Waals surface area contributed by atoms with Gasteiger partial charge in [0.15, 0.2) is 0 Å². The highest BCUT2D eigenvalue weighted by Crippen LogP contribution is 2.17. The van der Waals surface area contributed by atoms with Crippen LogP contribution in [0.2, 0.25) is 0 Å². The highest BCUT2D eigenvalue weighted by molar-refractivity contribution is 5.79. The van der Waals surface area contributed by atoms with E-state index < -0.39 is 11.5 Å². The Labute approximate surface area is 115 Å². The molecule has 0 radical (unpaired) electrons. The molecule has 0 saturated heterocycles. The molecule has 19 heavy (non-hydrogen) atoms. The average molecular weight is 270 g/mol. The van der Waals surface area contributed by atoms with Crippen molar-refractivity contribution in [3.63, 3.8) is 0 Å². The number of nitrogens with one attached hydrogen (secondary N) is 2. The summed E-state index contributed by atoms with van der Waals surface area (Å²) in [5, 5.41) is 15.1. The van der Waals surface area contributed by atoms with Gasteiger partial charge in [0.1, 0.15) is 5.54 Å². The Morgan fingerprint density at radius 3 is 2.42 bits per heavy atom. The number of carbonyl (C=O) groups excluding carboxylic acids is 1. The Morgan fingerprint density at radius 1 is 1.26 bits per heavy atom. The molecule has 1 aliphatic carbocycles. The van der Waals surface area contributed by atoms with Gasteiger partial charge in [0.2, 0.25) is 5.91 Å². The number of rotatable bonds is 7. The number of hydrogen-bond donors (Lipinski definition) is 3. The maximum Gasteiger partial charge on any atom is 0.323 e. The van der Waals surface area contributed by atoms with Crippen LogP contribution in [0, 0.1) is 0 Å². The molecule has 3 N–H and O–H groups in total. The second-order valence-electron chi connectivity index (χ2n) is 5.57. The summed E-state index contributed by atoms with van der Waals surface area (Å²) in [6.45, 7) is 3.87. The van der Waals surface area contributed by atoms with Crippen LogP contribution < -0.4 is 10.6 Å². The minimum absolute atomic E-state index is 0.0169. The normalized spacial score (nSPS) is 19.7. The number of carboxylic acids is 1.